The fraction of sp³-hybridized carbons (Fsp3) is 0.500. The van der Waals surface area contributed by atoms with Crippen LogP contribution in [0, 0.1) is 0 Å². The minimum absolute atomic E-state index is 0.108. The molecule has 4 nitrogen and oxygen atoms in total. The van der Waals surface area contributed by atoms with E-state index in [4.69, 9.17) is 4.74 Å². The second-order valence-electron chi connectivity index (χ2n) is 4.06. The first-order valence-electron chi connectivity index (χ1n) is 5.53. The zero-order chi connectivity index (χ0) is 11.4. The van der Waals surface area contributed by atoms with E-state index in [1.165, 1.54) is 4.90 Å². The number of Topliss-reactive ketones (excluding diaryl/α,β-unsaturated/α-hetero) is 1. The third-order valence-corrected chi connectivity index (χ3v) is 2.77. The fourth-order valence-corrected chi connectivity index (χ4v) is 1.80. The number of carbonyl (C=O) groups is 2. The smallest absolute Gasteiger partial charge is 0.410 e. The van der Waals surface area contributed by atoms with Gasteiger partial charge in [-0.1, -0.05) is 18.2 Å². The number of ketones is 1. The van der Waals surface area contributed by atoms with Crippen LogP contribution in [-0.4, -0.2) is 36.5 Å². The van der Waals surface area contributed by atoms with Crippen LogP contribution < -0.4 is 0 Å². The third kappa shape index (κ3) is 2.72. The van der Waals surface area contributed by atoms with Crippen molar-refractivity contribution in [1.82, 2.24) is 4.90 Å². The van der Waals surface area contributed by atoms with Crippen LogP contribution in [0.5, 0.6) is 0 Å². The quantitative estimate of drug-likeness (QED) is 0.712. The Balaban J connectivity index is 1.77. The van der Waals surface area contributed by atoms with E-state index in [2.05, 4.69) is 6.08 Å². The summed E-state index contributed by atoms with van der Waals surface area (Å²) in [6.07, 6.45) is 8.08. The van der Waals surface area contributed by atoms with E-state index in [1.807, 2.05) is 12.2 Å². The Hall–Kier alpha value is -1.58. The maximum Gasteiger partial charge on any atom is 0.410 e. The molecule has 4 heteroatoms. The lowest BCUT2D eigenvalue weighted by molar-refractivity contribution is -0.116. The molecule has 0 bridgehead atoms. The van der Waals surface area contributed by atoms with Gasteiger partial charge in [0.2, 0.25) is 0 Å². The SMILES string of the molecule is O=C1CCN(C(=O)OCC2=CC=CCC2)C1. The van der Waals surface area contributed by atoms with Crippen LogP contribution in [0.3, 0.4) is 0 Å². The molecule has 0 atom stereocenters. The van der Waals surface area contributed by atoms with E-state index in [-0.39, 0.29) is 18.4 Å². The van der Waals surface area contributed by atoms with E-state index in [9.17, 15) is 9.59 Å². The second kappa shape index (κ2) is 4.96. The number of allylic oxidation sites excluding steroid dienone is 3. The van der Waals surface area contributed by atoms with Crippen LogP contribution in [0.1, 0.15) is 19.3 Å². The van der Waals surface area contributed by atoms with Crippen molar-refractivity contribution in [2.45, 2.75) is 19.3 Å². The van der Waals surface area contributed by atoms with E-state index < -0.39 is 0 Å². The summed E-state index contributed by atoms with van der Waals surface area (Å²) in [7, 11) is 0. The van der Waals surface area contributed by atoms with Crippen LogP contribution in [0.2, 0.25) is 0 Å². The van der Waals surface area contributed by atoms with E-state index in [0.717, 1.165) is 18.4 Å². The molecule has 1 amide bonds. The summed E-state index contributed by atoms with van der Waals surface area (Å²) in [5, 5.41) is 0. The van der Waals surface area contributed by atoms with Crippen LogP contribution in [0.15, 0.2) is 23.8 Å². The molecular formula is C12H15NO3. The minimum Gasteiger partial charge on any atom is -0.445 e. The first kappa shape index (κ1) is 10.9. The molecule has 0 unspecified atom stereocenters. The lowest BCUT2D eigenvalue weighted by atomic mass is 10.1. The van der Waals surface area contributed by atoms with Gasteiger partial charge < -0.3 is 9.64 Å². The molecule has 1 fully saturated rings. The molecule has 16 heavy (non-hydrogen) atoms. The molecule has 0 aromatic carbocycles. The molecule has 0 spiro atoms. The van der Waals surface area contributed by atoms with Crippen LogP contribution in [0.4, 0.5) is 4.79 Å². The van der Waals surface area contributed by atoms with Gasteiger partial charge in [-0.25, -0.2) is 4.79 Å². The Labute approximate surface area is 94.6 Å². The van der Waals surface area contributed by atoms with Gasteiger partial charge in [0.15, 0.2) is 5.78 Å². The first-order valence-corrected chi connectivity index (χ1v) is 5.53. The molecular weight excluding hydrogens is 206 g/mol. The largest absolute Gasteiger partial charge is 0.445 e. The molecule has 2 aliphatic rings. The van der Waals surface area contributed by atoms with Gasteiger partial charge in [-0.3, -0.25) is 4.79 Å². The van der Waals surface area contributed by atoms with Gasteiger partial charge in [-0.2, -0.15) is 0 Å². The molecule has 1 heterocycles. The fourth-order valence-electron chi connectivity index (χ4n) is 1.80. The number of hydrogen-bond acceptors (Lipinski definition) is 3. The molecule has 86 valence electrons. The Morgan fingerprint density at radius 2 is 2.31 bits per heavy atom. The van der Waals surface area contributed by atoms with Gasteiger partial charge in [-0.05, 0) is 18.4 Å². The van der Waals surface area contributed by atoms with E-state index in [1.54, 1.807) is 0 Å². The van der Waals surface area contributed by atoms with E-state index in [0.29, 0.717) is 19.6 Å². The summed E-state index contributed by atoms with van der Waals surface area (Å²) in [4.78, 5) is 24.0. The lowest BCUT2D eigenvalue weighted by Crippen LogP contribution is -2.29. The number of amides is 1. The number of hydrogen-bond donors (Lipinski definition) is 0. The molecule has 0 aromatic rings. The molecule has 0 aromatic heterocycles. The normalized spacial score (nSPS) is 19.9. The zero-order valence-electron chi connectivity index (χ0n) is 9.15. The number of nitrogens with zero attached hydrogens (tertiary/aromatic N) is 1. The standard InChI is InChI=1S/C12H15NO3/c14-11-6-7-13(8-11)12(15)16-9-10-4-2-1-3-5-10/h1-2,4H,3,5-9H2. The van der Waals surface area contributed by atoms with Crippen molar-refractivity contribution < 1.29 is 14.3 Å². The van der Waals surface area contributed by atoms with Gasteiger partial charge >= 0.3 is 6.09 Å². The van der Waals surface area contributed by atoms with Crippen LogP contribution >= 0.6 is 0 Å². The van der Waals surface area contributed by atoms with Crippen molar-refractivity contribution in [3.05, 3.63) is 23.8 Å². The maximum atomic E-state index is 11.5. The first-order chi connectivity index (χ1) is 7.75. The summed E-state index contributed by atoms with van der Waals surface area (Å²) in [6.45, 7) is 1.04. The highest BCUT2D eigenvalue weighted by Gasteiger charge is 2.25. The molecule has 0 radical (unpaired) electrons. The summed E-state index contributed by atoms with van der Waals surface area (Å²) < 4.78 is 5.15. The molecule has 1 aliphatic carbocycles. The highest BCUT2D eigenvalue weighted by Crippen LogP contribution is 2.13. The van der Waals surface area contributed by atoms with E-state index >= 15 is 0 Å². The summed E-state index contributed by atoms with van der Waals surface area (Å²) in [5.41, 5.74) is 1.13. The molecule has 0 saturated carbocycles. The van der Waals surface area contributed by atoms with Crippen molar-refractivity contribution in [2.75, 3.05) is 19.7 Å². The molecule has 1 aliphatic heterocycles. The predicted octanol–water partition coefficient (Wildman–Crippen LogP) is 1.67. The van der Waals surface area contributed by atoms with Gasteiger partial charge in [0.1, 0.15) is 6.61 Å². The Morgan fingerprint density at radius 1 is 1.44 bits per heavy atom. The van der Waals surface area contributed by atoms with Crippen LogP contribution in [0.25, 0.3) is 0 Å². The zero-order valence-corrected chi connectivity index (χ0v) is 9.15. The average Bonchev–Trinajstić information content (AvgIpc) is 2.74. The number of carbonyl (C=O) groups excluding carboxylic acids is 2. The number of rotatable bonds is 2. The number of ether oxygens (including phenoxy) is 1. The lowest BCUT2D eigenvalue weighted by Gasteiger charge is -2.15. The van der Waals surface area contributed by atoms with Gasteiger partial charge in [0.25, 0.3) is 0 Å². The Bertz CT molecular complexity index is 357. The van der Waals surface area contributed by atoms with Crippen molar-refractivity contribution in [3.8, 4) is 0 Å². The third-order valence-electron chi connectivity index (χ3n) is 2.77. The summed E-state index contributed by atoms with van der Waals surface area (Å²) in [5.74, 6) is 0.108. The second-order valence-corrected chi connectivity index (χ2v) is 4.06. The van der Waals surface area contributed by atoms with Crippen molar-refractivity contribution in [2.24, 2.45) is 0 Å². The monoisotopic (exact) mass is 221 g/mol. The van der Waals surface area contributed by atoms with Gasteiger partial charge in [-0.15, -0.1) is 0 Å². The Morgan fingerprint density at radius 3 is 2.94 bits per heavy atom. The maximum absolute atomic E-state index is 11.5. The van der Waals surface area contributed by atoms with Gasteiger partial charge in [0, 0.05) is 13.0 Å². The topological polar surface area (TPSA) is 46.6 Å². The molecule has 1 saturated heterocycles. The molecule has 2 rings (SSSR count). The number of likely N-dealkylation sites (tertiary alicyclic amines) is 1. The van der Waals surface area contributed by atoms with Gasteiger partial charge in [0.05, 0.1) is 6.54 Å². The predicted molar refractivity (Wildman–Crippen MR) is 59.0 cm³/mol. The summed E-state index contributed by atoms with van der Waals surface area (Å²) in [6, 6.07) is 0. The van der Waals surface area contributed by atoms with Crippen molar-refractivity contribution in [3.63, 3.8) is 0 Å². The minimum atomic E-state index is -0.374. The molecule has 0 N–H and O–H groups in total. The average molecular weight is 221 g/mol. The van der Waals surface area contributed by atoms with Crippen molar-refractivity contribution in [1.29, 1.82) is 0 Å². The van der Waals surface area contributed by atoms with Crippen molar-refractivity contribution >= 4 is 11.9 Å². The highest BCUT2D eigenvalue weighted by molar-refractivity contribution is 5.87. The summed E-state index contributed by atoms with van der Waals surface area (Å²) >= 11 is 0. The highest BCUT2D eigenvalue weighted by atomic mass is 16.6. The van der Waals surface area contributed by atoms with Crippen LogP contribution in [-0.2, 0) is 9.53 Å². The Kier molecular flexibility index (Phi) is 3.39.